The lowest BCUT2D eigenvalue weighted by molar-refractivity contribution is -0.153. The Labute approximate surface area is 296 Å². The van der Waals surface area contributed by atoms with Crippen LogP contribution in [0.3, 0.4) is 0 Å². The van der Waals surface area contributed by atoms with E-state index in [0.29, 0.717) is 22.2 Å². The number of aliphatic imine (C=N–C) groups is 2. The zero-order valence-corrected chi connectivity index (χ0v) is 30.0. The largest absolute Gasteiger partial charge is 0.447 e. The lowest BCUT2D eigenvalue weighted by Gasteiger charge is -2.37. The smallest absolute Gasteiger partial charge is 0.433 e. The number of hydrazine groups is 1. The van der Waals surface area contributed by atoms with Crippen LogP contribution in [0.4, 0.5) is 50.4 Å². The third-order valence-corrected chi connectivity index (χ3v) is 6.92. The third-order valence-electron chi connectivity index (χ3n) is 6.35. The third kappa shape index (κ3) is 9.59. The van der Waals surface area contributed by atoms with Crippen molar-refractivity contribution in [2.45, 2.75) is 98.0 Å². The molecule has 0 N–H and O–H groups in total. The van der Waals surface area contributed by atoms with E-state index in [9.17, 15) is 49.5 Å². The molecule has 0 aromatic heterocycles. The molecular weight excluding hydrogens is 749 g/mol. The molecule has 21 heteroatoms. The van der Waals surface area contributed by atoms with Crippen LogP contribution in [0.1, 0.15) is 67.9 Å². The molecule has 1 atom stereocenters. The van der Waals surface area contributed by atoms with Gasteiger partial charge in [-0.15, -0.1) is 5.01 Å². The summed E-state index contributed by atoms with van der Waals surface area (Å²) in [6, 6.07) is 0.647. The lowest BCUT2D eigenvalue weighted by atomic mass is 10.0. The number of carbonyl (C=O) groups excluding carboxylic acids is 3. The van der Waals surface area contributed by atoms with Crippen molar-refractivity contribution < 1.29 is 63.7 Å². The first kappa shape index (κ1) is 41.7. The molecule has 2 aliphatic rings. The van der Waals surface area contributed by atoms with Gasteiger partial charge in [0.05, 0.1) is 32.8 Å². The first-order valence-electron chi connectivity index (χ1n) is 14.8. The van der Waals surface area contributed by atoms with Gasteiger partial charge in [0.25, 0.3) is 0 Å². The number of imide groups is 1. The zero-order chi connectivity index (χ0) is 39.4. The highest BCUT2D eigenvalue weighted by atomic mass is 35.5. The Bertz CT molecular complexity index is 1620. The fourth-order valence-corrected chi connectivity index (χ4v) is 5.02. The monoisotopic (exact) mass is 781 g/mol. The predicted molar refractivity (Wildman–Crippen MR) is 168 cm³/mol. The Morgan fingerprint density at radius 2 is 1.31 bits per heavy atom. The molecule has 0 spiro atoms. The van der Waals surface area contributed by atoms with Gasteiger partial charge in [-0.3, -0.25) is 4.79 Å². The predicted octanol–water partition coefficient (Wildman–Crippen LogP) is 8.99. The van der Waals surface area contributed by atoms with Crippen LogP contribution in [0.2, 0.25) is 10.0 Å². The number of halogens is 10. The van der Waals surface area contributed by atoms with Gasteiger partial charge < -0.3 is 14.2 Å². The molecule has 1 aromatic carbocycles. The van der Waals surface area contributed by atoms with Crippen LogP contribution in [0.25, 0.3) is 0 Å². The summed E-state index contributed by atoms with van der Waals surface area (Å²) in [7, 11) is 0. The number of nitrogens with zero attached hydrogens (tertiary/aromatic N) is 5. The number of amides is 2. The number of rotatable bonds is 6. The number of esters is 1. The number of alkyl halides is 8. The minimum atomic E-state index is -5.64. The second kappa shape index (κ2) is 14.0. The number of hydrogen-bond donors (Lipinski definition) is 0. The first-order valence-corrected chi connectivity index (χ1v) is 15.5. The summed E-state index contributed by atoms with van der Waals surface area (Å²) in [4.78, 5) is 47.0. The van der Waals surface area contributed by atoms with Crippen molar-refractivity contribution in [3.63, 3.8) is 0 Å². The van der Waals surface area contributed by atoms with E-state index in [1.54, 1.807) is 0 Å². The van der Waals surface area contributed by atoms with Crippen LogP contribution in [-0.4, -0.2) is 75.8 Å². The highest BCUT2D eigenvalue weighted by molar-refractivity contribution is 6.39. The van der Waals surface area contributed by atoms with Crippen molar-refractivity contribution in [2.75, 3.05) is 11.7 Å². The van der Waals surface area contributed by atoms with Crippen molar-refractivity contribution in [2.24, 2.45) is 15.9 Å². The maximum absolute atomic E-state index is 14.9. The van der Waals surface area contributed by atoms with Gasteiger partial charge >= 0.3 is 36.4 Å². The highest BCUT2D eigenvalue weighted by Crippen LogP contribution is 2.49. The molecule has 0 saturated heterocycles. The average Bonchev–Trinajstić information content (AvgIpc) is 3.20. The van der Waals surface area contributed by atoms with E-state index in [4.69, 9.17) is 37.4 Å². The summed E-state index contributed by atoms with van der Waals surface area (Å²) in [6.45, 7) is 9.72. The van der Waals surface area contributed by atoms with E-state index in [0.717, 1.165) is 0 Å². The first-order chi connectivity index (χ1) is 22.8. The summed E-state index contributed by atoms with van der Waals surface area (Å²) >= 11 is 12.6. The Morgan fingerprint density at radius 1 is 0.843 bits per heavy atom. The summed E-state index contributed by atoms with van der Waals surface area (Å²) in [5.41, 5.74) is -8.57. The minimum Gasteiger partial charge on any atom is -0.447 e. The lowest BCUT2D eigenvalue weighted by Crippen LogP contribution is -2.51. The fourth-order valence-electron chi connectivity index (χ4n) is 4.38. The van der Waals surface area contributed by atoms with Crippen LogP contribution in [-0.2, 0) is 25.2 Å². The van der Waals surface area contributed by atoms with Gasteiger partial charge in [-0.05, 0) is 53.7 Å². The van der Waals surface area contributed by atoms with Crippen LogP contribution in [0.15, 0.2) is 33.5 Å². The van der Waals surface area contributed by atoms with Crippen molar-refractivity contribution in [3.8, 4) is 0 Å². The average molecular weight is 783 g/mol. The molecule has 11 nitrogen and oxygen atoms in total. The van der Waals surface area contributed by atoms with Gasteiger partial charge in [0.15, 0.2) is 30.3 Å². The topological polar surface area (TPSA) is 113 Å². The molecule has 1 aromatic rings. The standard InChI is InChI=1S/C30H33Cl2F8N5O6/c1-13(2)22(46)49-12-43-20-17(19(30(38,39)40)41-23(42-20)28(9,33)34)21(44(24(47)50-26(3,4)5)25(48)51-27(6,7)8)45(43)18-15(31)10-14(11-16(18)32)29(35,36)37/h10-11,13,20H,12H2,1-9H3. The Balaban J connectivity index is 2.62. The Morgan fingerprint density at radius 3 is 1.69 bits per heavy atom. The fraction of sp³-hybridized carbons (Fsp3) is 0.567. The molecule has 284 valence electrons. The maximum atomic E-state index is 14.9. The Hall–Kier alpha value is -3.71. The molecule has 2 aliphatic heterocycles. The van der Waals surface area contributed by atoms with Gasteiger partial charge in [-0.2, -0.15) is 40.0 Å². The second-order valence-electron chi connectivity index (χ2n) is 13.5. The number of ether oxygens (including phenoxy) is 3. The second-order valence-corrected chi connectivity index (χ2v) is 14.3. The van der Waals surface area contributed by atoms with Gasteiger partial charge in [-0.25, -0.2) is 24.6 Å². The molecular formula is C30H33Cl2F8N5O6. The van der Waals surface area contributed by atoms with E-state index >= 15 is 0 Å². The van der Waals surface area contributed by atoms with E-state index in [-0.39, 0.29) is 11.8 Å². The van der Waals surface area contributed by atoms with Gasteiger partial charge in [0.1, 0.15) is 11.2 Å². The number of hydrogen-bond acceptors (Lipinski definition) is 10. The van der Waals surface area contributed by atoms with Gasteiger partial charge in [-0.1, -0.05) is 37.0 Å². The van der Waals surface area contributed by atoms with Crippen LogP contribution in [0.5, 0.6) is 0 Å². The van der Waals surface area contributed by atoms with Crippen molar-refractivity contribution in [3.05, 3.63) is 39.1 Å². The summed E-state index contributed by atoms with van der Waals surface area (Å²) in [5, 5.41) is -0.946. The number of amidine groups is 1. The number of anilines is 1. The molecule has 2 heterocycles. The number of benzene rings is 1. The molecule has 0 radical (unpaired) electrons. The van der Waals surface area contributed by atoms with Crippen molar-refractivity contribution >= 4 is 58.6 Å². The summed E-state index contributed by atoms with van der Waals surface area (Å²) < 4.78 is 131. The van der Waals surface area contributed by atoms with Crippen LogP contribution >= 0.6 is 23.2 Å². The van der Waals surface area contributed by atoms with Crippen LogP contribution in [0, 0.1) is 5.92 Å². The summed E-state index contributed by atoms with van der Waals surface area (Å²) in [6.07, 6.45) is -16.5. The zero-order valence-electron chi connectivity index (χ0n) is 28.5. The van der Waals surface area contributed by atoms with Gasteiger partial charge in [0, 0.05) is 6.92 Å². The van der Waals surface area contributed by atoms with Crippen molar-refractivity contribution in [1.82, 2.24) is 9.91 Å². The summed E-state index contributed by atoms with van der Waals surface area (Å²) in [5.74, 6) is -8.95. The van der Waals surface area contributed by atoms with Gasteiger partial charge in [0.2, 0.25) is 0 Å². The molecule has 0 aliphatic carbocycles. The van der Waals surface area contributed by atoms with Crippen LogP contribution < -0.4 is 5.01 Å². The molecule has 3 rings (SSSR count). The normalized spacial score (nSPS) is 17.6. The SMILES string of the molecule is CC(C)C(=O)OCN1C2N=C(C(C)(F)F)N=C(C(F)(F)F)C2=C(N(C(=O)OC(C)(C)C)C(=O)OC(C)(C)C)N1c1c(Cl)cc(C(F)(F)F)cc1Cl. The number of fused-ring (bicyclic) bond motifs is 1. The molecule has 2 amide bonds. The maximum Gasteiger partial charge on any atom is 0.433 e. The number of carbonyl (C=O) groups is 3. The Kier molecular flexibility index (Phi) is 11.5. The quantitative estimate of drug-likeness (QED) is 0.160. The minimum absolute atomic E-state index is 0.0701. The van der Waals surface area contributed by atoms with E-state index < -0.39 is 111 Å². The van der Waals surface area contributed by atoms with Crippen molar-refractivity contribution in [1.29, 1.82) is 0 Å². The molecule has 0 saturated carbocycles. The molecule has 51 heavy (non-hydrogen) atoms. The van der Waals surface area contributed by atoms with E-state index in [1.165, 1.54) is 55.4 Å². The highest BCUT2D eigenvalue weighted by Gasteiger charge is 2.57. The van der Waals surface area contributed by atoms with E-state index in [1.807, 2.05) is 0 Å². The molecule has 1 unspecified atom stereocenters. The molecule has 0 bridgehead atoms. The van der Waals surface area contributed by atoms with E-state index in [2.05, 4.69) is 9.98 Å². The molecule has 0 fully saturated rings.